The van der Waals surface area contributed by atoms with E-state index in [0.29, 0.717) is 17.0 Å². The first-order chi connectivity index (χ1) is 10.7. The molecule has 5 nitrogen and oxygen atoms in total. The van der Waals surface area contributed by atoms with Gasteiger partial charge in [-0.3, -0.25) is 0 Å². The Morgan fingerprint density at radius 3 is 2.64 bits per heavy atom. The second kappa shape index (κ2) is 5.89. The van der Waals surface area contributed by atoms with Gasteiger partial charge in [0.05, 0.1) is 17.5 Å². The van der Waals surface area contributed by atoms with Crippen molar-refractivity contribution in [1.82, 2.24) is 5.16 Å². The number of hydrogen-bond donors (Lipinski definition) is 0. The second-order valence-corrected chi connectivity index (χ2v) is 4.91. The first-order valence-electron chi connectivity index (χ1n) is 6.88. The zero-order chi connectivity index (χ0) is 15.5. The number of aromatic nitrogens is 1. The molecule has 0 N–H and O–H groups in total. The minimum absolute atomic E-state index is 0.106. The van der Waals surface area contributed by atoms with Gasteiger partial charge in [0.1, 0.15) is 12.4 Å². The third-order valence-electron chi connectivity index (χ3n) is 3.46. The van der Waals surface area contributed by atoms with E-state index >= 15 is 0 Å². The number of nitrogens with zero attached hydrogens (tertiary/aromatic N) is 1. The summed E-state index contributed by atoms with van der Waals surface area (Å²) in [6.45, 7) is 3.70. The molecule has 0 aliphatic carbocycles. The van der Waals surface area contributed by atoms with Crippen LogP contribution in [0.15, 0.2) is 51.6 Å². The Kier molecular flexibility index (Phi) is 3.78. The molecule has 0 amide bonds. The number of hydrogen-bond acceptors (Lipinski definition) is 5. The standard InChI is InChI=1S/C17H15NO4/c1-11-15(12(2)22-18-11)10-21-17(19)16-14(8-9-20-16)13-6-4-3-5-7-13/h3-9H,10H2,1-2H3. The number of aryl methyl sites for hydroxylation is 2. The third-order valence-corrected chi connectivity index (χ3v) is 3.46. The molecule has 0 unspecified atom stereocenters. The molecule has 2 aromatic heterocycles. The van der Waals surface area contributed by atoms with Crippen molar-refractivity contribution < 1.29 is 18.5 Å². The molecule has 3 aromatic rings. The van der Waals surface area contributed by atoms with Crippen LogP contribution in [0.1, 0.15) is 27.6 Å². The highest BCUT2D eigenvalue weighted by molar-refractivity contribution is 5.94. The summed E-state index contributed by atoms with van der Waals surface area (Å²) < 4.78 is 15.7. The zero-order valence-corrected chi connectivity index (χ0v) is 12.3. The van der Waals surface area contributed by atoms with E-state index in [1.807, 2.05) is 37.3 Å². The lowest BCUT2D eigenvalue weighted by Gasteiger charge is -2.05. The van der Waals surface area contributed by atoms with Gasteiger partial charge in [-0.05, 0) is 25.5 Å². The van der Waals surface area contributed by atoms with Crippen molar-refractivity contribution in [3.63, 3.8) is 0 Å². The van der Waals surface area contributed by atoms with Crippen LogP contribution in [-0.2, 0) is 11.3 Å². The zero-order valence-electron chi connectivity index (χ0n) is 12.3. The summed E-state index contributed by atoms with van der Waals surface area (Å²) in [5, 5.41) is 3.83. The quantitative estimate of drug-likeness (QED) is 0.683. The molecule has 0 saturated carbocycles. The Morgan fingerprint density at radius 2 is 1.95 bits per heavy atom. The summed E-state index contributed by atoms with van der Waals surface area (Å²) in [5.41, 5.74) is 3.11. The van der Waals surface area contributed by atoms with E-state index in [1.54, 1.807) is 13.0 Å². The number of benzene rings is 1. The Morgan fingerprint density at radius 1 is 1.18 bits per heavy atom. The fourth-order valence-electron chi connectivity index (χ4n) is 2.22. The van der Waals surface area contributed by atoms with E-state index in [2.05, 4.69) is 5.16 Å². The molecular weight excluding hydrogens is 282 g/mol. The lowest BCUT2D eigenvalue weighted by atomic mass is 10.1. The maximum Gasteiger partial charge on any atom is 0.375 e. The molecule has 0 aliphatic rings. The number of rotatable bonds is 4. The van der Waals surface area contributed by atoms with E-state index in [-0.39, 0.29) is 12.4 Å². The van der Waals surface area contributed by atoms with Crippen LogP contribution in [-0.4, -0.2) is 11.1 Å². The highest BCUT2D eigenvalue weighted by atomic mass is 16.5. The average Bonchev–Trinajstić information content (AvgIpc) is 3.14. The van der Waals surface area contributed by atoms with E-state index in [0.717, 1.165) is 11.1 Å². The third kappa shape index (κ3) is 2.65. The van der Waals surface area contributed by atoms with Crippen LogP contribution in [0.3, 0.4) is 0 Å². The molecule has 22 heavy (non-hydrogen) atoms. The Labute approximate surface area is 127 Å². The predicted octanol–water partition coefficient (Wildman–Crippen LogP) is 3.91. The molecule has 3 rings (SSSR count). The van der Waals surface area contributed by atoms with Crippen molar-refractivity contribution in [3.05, 3.63) is 65.4 Å². The summed E-state index contributed by atoms with van der Waals surface area (Å²) in [7, 11) is 0. The number of ether oxygens (including phenoxy) is 1. The van der Waals surface area contributed by atoms with Crippen LogP contribution < -0.4 is 0 Å². The van der Waals surface area contributed by atoms with Crippen LogP contribution in [0.2, 0.25) is 0 Å². The van der Waals surface area contributed by atoms with Crippen molar-refractivity contribution in [2.45, 2.75) is 20.5 Å². The maximum atomic E-state index is 12.3. The second-order valence-electron chi connectivity index (χ2n) is 4.91. The van der Waals surface area contributed by atoms with Gasteiger partial charge in [-0.2, -0.15) is 0 Å². The van der Waals surface area contributed by atoms with Gasteiger partial charge >= 0.3 is 5.97 Å². The molecular formula is C17H15NO4. The monoisotopic (exact) mass is 297 g/mol. The van der Waals surface area contributed by atoms with Crippen LogP contribution in [0, 0.1) is 13.8 Å². The molecule has 0 spiro atoms. The van der Waals surface area contributed by atoms with Crippen molar-refractivity contribution in [2.75, 3.05) is 0 Å². The Balaban J connectivity index is 1.78. The smallest absolute Gasteiger partial charge is 0.375 e. The van der Waals surface area contributed by atoms with Gasteiger partial charge in [0.15, 0.2) is 0 Å². The maximum absolute atomic E-state index is 12.3. The fourth-order valence-corrected chi connectivity index (χ4v) is 2.22. The molecule has 0 saturated heterocycles. The number of esters is 1. The summed E-state index contributed by atoms with van der Waals surface area (Å²) >= 11 is 0. The van der Waals surface area contributed by atoms with Crippen LogP contribution in [0.25, 0.3) is 11.1 Å². The average molecular weight is 297 g/mol. The van der Waals surface area contributed by atoms with Crippen molar-refractivity contribution in [1.29, 1.82) is 0 Å². The van der Waals surface area contributed by atoms with Gasteiger partial charge in [-0.25, -0.2) is 4.79 Å². The first kappa shape index (κ1) is 14.1. The van der Waals surface area contributed by atoms with Crippen LogP contribution in [0.5, 0.6) is 0 Å². The Hall–Kier alpha value is -2.82. The molecule has 0 atom stereocenters. The molecule has 1 aromatic carbocycles. The van der Waals surface area contributed by atoms with Crippen molar-refractivity contribution in [3.8, 4) is 11.1 Å². The van der Waals surface area contributed by atoms with Gasteiger partial charge in [0.2, 0.25) is 5.76 Å². The highest BCUT2D eigenvalue weighted by Crippen LogP contribution is 2.25. The predicted molar refractivity (Wildman–Crippen MR) is 79.2 cm³/mol. The van der Waals surface area contributed by atoms with Gasteiger partial charge < -0.3 is 13.7 Å². The van der Waals surface area contributed by atoms with Crippen molar-refractivity contribution in [2.24, 2.45) is 0 Å². The number of carbonyl (C=O) groups is 1. The highest BCUT2D eigenvalue weighted by Gasteiger charge is 2.19. The topological polar surface area (TPSA) is 65.5 Å². The number of furan rings is 1. The molecule has 0 fully saturated rings. The SMILES string of the molecule is Cc1noc(C)c1COC(=O)c1occc1-c1ccccc1. The molecule has 0 radical (unpaired) electrons. The van der Waals surface area contributed by atoms with Crippen LogP contribution in [0.4, 0.5) is 0 Å². The number of carbonyl (C=O) groups excluding carboxylic acids is 1. The van der Waals surface area contributed by atoms with Gasteiger partial charge in [-0.1, -0.05) is 35.5 Å². The summed E-state index contributed by atoms with van der Waals surface area (Å²) in [6.07, 6.45) is 1.48. The van der Waals surface area contributed by atoms with Gasteiger partial charge in [-0.15, -0.1) is 0 Å². The molecule has 0 bridgehead atoms. The van der Waals surface area contributed by atoms with Crippen LogP contribution >= 0.6 is 0 Å². The normalized spacial score (nSPS) is 10.6. The van der Waals surface area contributed by atoms with E-state index < -0.39 is 5.97 Å². The van der Waals surface area contributed by atoms with E-state index in [4.69, 9.17) is 13.7 Å². The minimum Gasteiger partial charge on any atom is -0.457 e. The van der Waals surface area contributed by atoms with E-state index in [1.165, 1.54) is 6.26 Å². The Bertz CT molecular complexity index is 767. The lowest BCUT2D eigenvalue weighted by molar-refractivity contribution is 0.0435. The summed E-state index contributed by atoms with van der Waals surface area (Å²) in [4.78, 5) is 12.3. The molecule has 5 heteroatoms. The molecule has 112 valence electrons. The fraction of sp³-hybridized carbons (Fsp3) is 0.176. The molecule has 0 aliphatic heterocycles. The first-order valence-corrected chi connectivity index (χ1v) is 6.88. The van der Waals surface area contributed by atoms with Gasteiger partial charge in [0.25, 0.3) is 0 Å². The lowest BCUT2D eigenvalue weighted by Crippen LogP contribution is -2.06. The largest absolute Gasteiger partial charge is 0.457 e. The summed E-state index contributed by atoms with van der Waals surface area (Å²) in [5.74, 6) is 0.329. The molecule has 2 heterocycles. The minimum atomic E-state index is -0.510. The van der Waals surface area contributed by atoms with E-state index in [9.17, 15) is 4.79 Å². The van der Waals surface area contributed by atoms with Crippen molar-refractivity contribution >= 4 is 5.97 Å². The summed E-state index contributed by atoms with van der Waals surface area (Å²) in [6, 6.07) is 11.3. The van der Waals surface area contributed by atoms with Gasteiger partial charge in [0, 0.05) is 5.56 Å².